The summed E-state index contributed by atoms with van der Waals surface area (Å²) < 4.78 is 0. The largest absolute Gasteiger partial charge is 0.353 e. The zero-order chi connectivity index (χ0) is 17.1. The molecule has 1 saturated carbocycles. The number of nitrogens with one attached hydrogen (secondary N) is 1. The quantitative estimate of drug-likeness (QED) is 0.875. The second kappa shape index (κ2) is 7.34. The van der Waals surface area contributed by atoms with Crippen LogP contribution in [0.1, 0.15) is 25.6 Å². The standard InChI is InChI=1S/C17H28N6O/c1-13(21(3)15-4-5-15)12-19-17(24)23-10-8-22(9-11-23)16-6-7-18-14(2)20-16/h6-7,13,15H,4-5,8-12H2,1-3H3,(H,19,24)/t13-/m0/s1. The van der Waals surface area contributed by atoms with Gasteiger partial charge >= 0.3 is 6.03 Å². The highest BCUT2D eigenvalue weighted by molar-refractivity contribution is 5.74. The maximum atomic E-state index is 12.4. The molecule has 2 heterocycles. The predicted octanol–water partition coefficient (Wildman–Crippen LogP) is 1.10. The first-order valence-electron chi connectivity index (χ1n) is 8.84. The third-order valence-corrected chi connectivity index (χ3v) is 5.02. The normalized spacial score (nSPS) is 19.5. The minimum Gasteiger partial charge on any atom is -0.353 e. The number of urea groups is 1. The van der Waals surface area contributed by atoms with Crippen molar-refractivity contribution in [1.29, 1.82) is 0 Å². The second-order valence-electron chi connectivity index (χ2n) is 6.87. The van der Waals surface area contributed by atoms with E-state index in [1.807, 2.05) is 17.9 Å². The van der Waals surface area contributed by atoms with Gasteiger partial charge in [0.1, 0.15) is 11.6 Å². The fraction of sp³-hybridized carbons (Fsp3) is 0.706. The average Bonchev–Trinajstić information content (AvgIpc) is 3.44. The Balaban J connectivity index is 1.43. The number of aromatic nitrogens is 2. The predicted molar refractivity (Wildman–Crippen MR) is 94.2 cm³/mol. The van der Waals surface area contributed by atoms with Gasteiger partial charge in [-0.3, -0.25) is 4.90 Å². The zero-order valence-electron chi connectivity index (χ0n) is 14.9. The SMILES string of the molecule is Cc1nccc(N2CCN(C(=O)NC[C@H](C)N(C)C3CC3)CC2)n1. The molecule has 7 heteroatoms. The molecule has 1 aromatic heterocycles. The summed E-state index contributed by atoms with van der Waals surface area (Å²) in [5.74, 6) is 1.73. The Labute approximate surface area is 144 Å². The van der Waals surface area contributed by atoms with E-state index in [0.29, 0.717) is 12.6 Å². The number of hydrogen-bond donors (Lipinski definition) is 1. The van der Waals surface area contributed by atoms with Gasteiger partial charge < -0.3 is 15.1 Å². The number of carbonyl (C=O) groups is 1. The van der Waals surface area contributed by atoms with Gasteiger partial charge in [-0.25, -0.2) is 14.8 Å². The topological polar surface area (TPSA) is 64.6 Å². The highest BCUT2D eigenvalue weighted by Crippen LogP contribution is 2.26. The molecule has 132 valence electrons. The summed E-state index contributed by atoms with van der Waals surface area (Å²) in [6, 6.07) is 3.08. The molecule has 1 aliphatic carbocycles. The molecule has 24 heavy (non-hydrogen) atoms. The molecular weight excluding hydrogens is 304 g/mol. The third kappa shape index (κ3) is 4.14. The van der Waals surface area contributed by atoms with E-state index in [1.165, 1.54) is 12.8 Å². The van der Waals surface area contributed by atoms with Crippen LogP contribution < -0.4 is 10.2 Å². The number of hydrogen-bond acceptors (Lipinski definition) is 5. The van der Waals surface area contributed by atoms with Crippen LogP contribution in [0.5, 0.6) is 0 Å². The fourth-order valence-electron chi connectivity index (χ4n) is 3.09. The van der Waals surface area contributed by atoms with Crippen LogP contribution in [0.25, 0.3) is 0 Å². The number of piperazine rings is 1. The van der Waals surface area contributed by atoms with Crippen LogP contribution in [-0.4, -0.2) is 77.7 Å². The molecule has 7 nitrogen and oxygen atoms in total. The van der Waals surface area contributed by atoms with Gasteiger partial charge in [0.05, 0.1) is 0 Å². The van der Waals surface area contributed by atoms with Gasteiger partial charge in [-0.2, -0.15) is 0 Å². The Kier molecular flexibility index (Phi) is 5.18. The van der Waals surface area contributed by atoms with Crippen LogP contribution in [0.15, 0.2) is 12.3 Å². The van der Waals surface area contributed by atoms with Crippen molar-refractivity contribution in [2.24, 2.45) is 0 Å². The lowest BCUT2D eigenvalue weighted by Gasteiger charge is -2.35. The van der Waals surface area contributed by atoms with Crippen molar-refractivity contribution < 1.29 is 4.79 Å². The summed E-state index contributed by atoms with van der Waals surface area (Å²) in [6.45, 7) is 7.84. The first kappa shape index (κ1) is 17.0. The van der Waals surface area contributed by atoms with Crippen molar-refractivity contribution >= 4 is 11.8 Å². The summed E-state index contributed by atoms with van der Waals surface area (Å²) in [4.78, 5) is 27.4. The molecule has 2 amide bonds. The number of aryl methyl sites for hydroxylation is 1. The van der Waals surface area contributed by atoms with E-state index in [9.17, 15) is 4.79 Å². The minimum atomic E-state index is 0.0459. The van der Waals surface area contributed by atoms with Crippen LogP contribution >= 0.6 is 0 Å². The van der Waals surface area contributed by atoms with Gasteiger partial charge in [-0.1, -0.05) is 0 Å². The Morgan fingerprint density at radius 2 is 2.08 bits per heavy atom. The van der Waals surface area contributed by atoms with Gasteiger partial charge in [-0.15, -0.1) is 0 Å². The van der Waals surface area contributed by atoms with E-state index in [-0.39, 0.29) is 6.03 Å². The molecule has 3 rings (SSSR count). The molecule has 0 bridgehead atoms. The Bertz CT molecular complexity index is 568. The molecule has 1 aliphatic heterocycles. The lowest BCUT2D eigenvalue weighted by atomic mass is 10.3. The van der Waals surface area contributed by atoms with E-state index in [1.54, 1.807) is 6.20 Å². The lowest BCUT2D eigenvalue weighted by molar-refractivity contribution is 0.186. The Morgan fingerprint density at radius 1 is 1.38 bits per heavy atom. The lowest BCUT2D eigenvalue weighted by Crippen LogP contribution is -2.53. The number of rotatable bonds is 5. The zero-order valence-corrected chi connectivity index (χ0v) is 14.9. The summed E-state index contributed by atoms with van der Waals surface area (Å²) >= 11 is 0. The highest BCUT2D eigenvalue weighted by atomic mass is 16.2. The summed E-state index contributed by atoms with van der Waals surface area (Å²) in [6.07, 6.45) is 4.37. The minimum absolute atomic E-state index is 0.0459. The van der Waals surface area contributed by atoms with Crippen molar-refractivity contribution in [1.82, 2.24) is 25.1 Å². The molecule has 1 atom stereocenters. The second-order valence-corrected chi connectivity index (χ2v) is 6.87. The first-order chi connectivity index (χ1) is 11.5. The van der Waals surface area contributed by atoms with E-state index >= 15 is 0 Å². The monoisotopic (exact) mass is 332 g/mol. The molecule has 0 unspecified atom stereocenters. The Hall–Kier alpha value is -1.89. The van der Waals surface area contributed by atoms with Crippen molar-refractivity contribution in [3.8, 4) is 0 Å². The van der Waals surface area contributed by atoms with E-state index in [2.05, 4.69) is 39.1 Å². The maximum absolute atomic E-state index is 12.4. The van der Waals surface area contributed by atoms with Gasteiger partial charge in [0, 0.05) is 51.0 Å². The molecule has 2 aliphatic rings. The summed E-state index contributed by atoms with van der Waals surface area (Å²) in [7, 11) is 2.15. The van der Waals surface area contributed by atoms with Gasteiger partial charge in [0.2, 0.25) is 0 Å². The molecule has 0 spiro atoms. The van der Waals surface area contributed by atoms with Crippen LogP contribution in [-0.2, 0) is 0 Å². The van der Waals surface area contributed by atoms with Crippen molar-refractivity contribution in [3.05, 3.63) is 18.1 Å². The van der Waals surface area contributed by atoms with Crippen LogP contribution in [0.3, 0.4) is 0 Å². The number of likely N-dealkylation sites (N-methyl/N-ethyl adjacent to an activating group) is 1. The van der Waals surface area contributed by atoms with Gasteiger partial charge in [0.15, 0.2) is 0 Å². The van der Waals surface area contributed by atoms with Crippen molar-refractivity contribution in [2.75, 3.05) is 44.7 Å². The highest BCUT2D eigenvalue weighted by Gasteiger charge is 2.29. The molecule has 1 aromatic rings. The summed E-state index contributed by atoms with van der Waals surface area (Å²) in [5, 5.41) is 3.08. The van der Waals surface area contributed by atoms with Gasteiger partial charge in [-0.05, 0) is 39.8 Å². The molecule has 0 radical (unpaired) electrons. The van der Waals surface area contributed by atoms with E-state index < -0.39 is 0 Å². The number of carbonyl (C=O) groups excluding carboxylic acids is 1. The van der Waals surface area contributed by atoms with E-state index in [0.717, 1.165) is 43.9 Å². The first-order valence-corrected chi connectivity index (χ1v) is 8.84. The van der Waals surface area contributed by atoms with Crippen LogP contribution in [0, 0.1) is 6.92 Å². The van der Waals surface area contributed by atoms with Crippen LogP contribution in [0.4, 0.5) is 10.6 Å². The van der Waals surface area contributed by atoms with Crippen LogP contribution in [0.2, 0.25) is 0 Å². The maximum Gasteiger partial charge on any atom is 0.317 e. The van der Waals surface area contributed by atoms with E-state index in [4.69, 9.17) is 0 Å². The molecule has 0 aromatic carbocycles. The molecular formula is C17H28N6O. The summed E-state index contributed by atoms with van der Waals surface area (Å²) in [5.41, 5.74) is 0. The number of nitrogens with zero attached hydrogens (tertiary/aromatic N) is 5. The molecule has 1 N–H and O–H groups in total. The third-order valence-electron chi connectivity index (χ3n) is 5.02. The molecule has 2 fully saturated rings. The Morgan fingerprint density at radius 3 is 2.71 bits per heavy atom. The number of amides is 2. The molecule has 1 saturated heterocycles. The fourth-order valence-corrected chi connectivity index (χ4v) is 3.09. The average molecular weight is 332 g/mol. The smallest absolute Gasteiger partial charge is 0.317 e. The van der Waals surface area contributed by atoms with Gasteiger partial charge in [0.25, 0.3) is 0 Å². The van der Waals surface area contributed by atoms with Crippen molar-refractivity contribution in [3.63, 3.8) is 0 Å². The number of anilines is 1. The van der Waals surface area contributed by atoms with Crippen molar-refractivity contribution in [2.45, 2.75) is 38.8 Å².